The van der Waals surface area contributed by atoms with Gasteiger partial charge in [-0.3, -0.25) is 9.69 Å². The van der Waals surface area contributed by atoms with Crippen molar-refractivity contribution in [3.63, 3.8) is 0 Å². The van der Waals surface area contributed by atoms with Crippen LogP contribution in [-0.4, -0.2) is 40.8 Å². The molecule has 0 bridgehead atoms. The van der Waals surface area contributed by atoms with E-state index in [1.54, 1.807) is 29.2 Å². The SMILES string of the molecule is CC1=C(C(=O)C2CCCCN2C(O)OCc2ccccc2)C(c2ccc(C#N)cc2)NC(=O)N1c1cccc(C(F)(F)F)c1. The van der Waals surface area contributed by atoms with Gasteiger partial charge < -0.3 is 15.2 Å². The maximum atomic E-state index is 14.5. The van der Waals surface area contributed by atoms with Crippen molar-refractivity contribution >= 4 is 17.5 Å². The Morgan fingerprint density at radius 3 is 2.50 bits per heavy atom. The highest BCUT2D eigenvalue weighted by Crippen LogP contribution is 2.38. The molecule has 0 aromatic heterocycles. The minimum absolute atomic E-state index is 0.0508. The van der Waals surface area contributed by atoms with Crippen LogP contribution in [0.4, 0.5) is 23.7 Å². The molecule has 1 fully saturated rings. The van der Waals surface area contributed by atoms with Crippen molar-refractivity contribution in [3.05, 3.63) is 112 Å². The van der Waals surface area contributed by atoms with Crippen molar-refractivity contribution in [2.45, 2.75) is 57.5 Å². The number of anilines is 1. The van der Waals surface area contributed by atoms with Crippen LogP contribution in [0.25, 0.3) is 0 Å². The number of nitrogens with one attached hydrogen (secondary N) is 1. The molecule has 5 rings (SSSR count). The molecule has 0 spiro atoms. The maximum Gasteiger partial charge on any atom is 0.416 e. The molecule has 3 aromatic rings. The Balaban J connectivity index is 1.54. The number of halogens is 3. The van der Waals surface area contributed by atoms with Crippen LogP contribution in [0.2, 0.25) is 0 Å². The Morgan fingerprint density at radius 1 is 1.09 bits per heavy atom. The lowest BCUT2D eigenvalue weighted by Crippen LogP contribution is -2.54. The average molecular weight is 605 g/mol. The number of nitriles is 1. The van der Waals surface area contributed by atoms with Gasteiger partial charge in [-0.25, -0.2) is 9.69 Å². The second-order valence-electron chi connectivity index (χ2n) is 10.7. The molecule has 3 unspecified atom stereocenters. The van der Waals surface area contributed by atoms with Crippen LogP contribution in [0.1, 0.15) is 54.5 Å². The topological polar surface area (TPSA) is 106 Å². The molecule has 3 atom stereocenters. The number of hydrogen-bond donors (Lipinski definition) is 2. The van der Waals surface area contributed by atoms with Gasteiger partial charge in [-0.15, -0.1) is 0 Å². The number of amides is 2. The lowest BCUT2D eigenvalue weighted by molar-refractivity contribution is -0.216. The zero-order valence-corrected chi connectivity index (χ0v) is 23.9. The van der Waals surface area contributed by atoms with E-state index in [-0.39, 0.29) is 23.6 Å². The number of ketones is 1. The number of carbonyl (C=O) groups excluding carboxylic acids is 2. The van der Waals surface area contributed by atoms with Crippen LogP contribution >= 0.6 is 0 Å². The standard InChI is InChI=1S/C33H31F3N4O4/c1-21-28(30(41)27-12-5-6-17-39(27)32(43)44-20-23-8-3-2-4-9-23)29(24-15-13-22(19-37)14-16-24)38-31(42)40(21)26-11-7-10-25(18-26)33(34,35)36/h2-4,7-11,13-16,18,27,29,32,43H,5-6,12,17,20H2,1H3,(H,38,42). The second-order valence-corrected chi connectivity index (χ2v) is 10.7. The summed E-state index contributed by atoms with van der Waals surface area (Å²) in [6, 6.07) is 19.6. The van der Waals surface area contributed by atoms with Crippen molar-refractivity contribution in [1.82, 2.24) is 10.2 Å². The summed E-state index contributed by atoms with van der Waals surface area (Å²) in [7, 11) is 0. The number of nitrogens with zero attached hydrogens (tertiary/aromatic N) is 3. The predicted molar refractivity (Wildman–Crippen MR) is 156 cm³/mol. The number of urea groups is 1. The molecule has 228 valence electrons. The number of allylic oxidation sites excluding steroid dienone is 1. The summed E-state index contributed by atoms with van der Waals surface area (Å²) in [4.78, 5) is 30.6. The van der Waals surface area contributed by atoms with Gasteiger partial charge in [0, 0.05) is 17.8 Å². The molecule has 0 radical (unpaired) electrons. The fourth-order valence-electron chi connectivity index (χ4n) is 5.71. The predicted octanol–water partition coefficient (Wildman–Crippen LogP) is 6.04. The van der Waals surface area contributed by atoms with Crippen LogP contribution in [0.15, 0.2) is 90.1 Å². The molecule has 0 aliphatic carbocycles. The normalized spacial score (nSPS) is 20.2. The number of aliphatic hydroxyl groups excluding tert-OH is 1. The number of aliphatic hydroxyl groups is 1. The first-order chi connectivity index (χ1) is 21.1. The van der Waals surface area contributed by atoms with Gasteiger partial charge in [0.1, 0.15) is 0 Å². The Morgan fingerprint density at radius 2 is 1.82 bits per heavy atom. The van der Waals surface area contributed by atoms with Crippen LogP contribution in [0.5, 0.6) is 0 Å². The molecule has 11 heteroatoms. The smallest absolute Gasteiger partial charge is 0.356 e. The van der Waals surface area contributed by atoms with Crippen molar-refractivity contribution in [2.24, 2.45) is 0 Å². The molecule has 0 saturated carbocycles. The minimum Gasteiger partial charge on any atom is -0.356 e. The molecule has 1 saturated heterocycles. The van der Waals surface area contributed by atoms with Gasteiger partial charge in [0.25, 0.3) is 0 Å². The molecule has 44 heavy (non-hydrogen) atoms. The average Bonchev–Trinajstić information content (AvgIpc) is 3.03. The monoisotopic (exact) mass is 604 g/mol. The van der Waals surface area contributed by atoms with Gasteiger partial charge in [0.15, 0.2) is 5.78 Å². The summed E-state index contributed by atoms with van der Waals surface area (Å²) in [5.41, 5.74) is 1.09. The van der Waals surface area contributed by atoms with E-state index in [1.165, 1.54) is 19.1 Å². The number of Topliss-reactive ketones (excluding diaryl/α,β-unsaturated/α-hetero) is 1. The summed E-state index contributed by atoms with van der Waals surface area (Å²) in [5, 5.41) is 23.1. The summed E-state index contributed by atoms with van der Waals surface area (Å²) in [6.07, 6.45) is -4.20. The Bertz CT molecular complexity index is 1590. The van der Waals surface area contributed by atoms with E-state index < -0.39 is 42.1 Å². The largest absolute Gasteiger partial charge is 0.416 e. The summed E-state index contributed by atoms with van der Waals surface area (Å²) in [5.74, 6) is -0.393. The highest BCUT2D eigenvalue weighted by Gasteiger charge is 2.42. The van der Waals surface area contributed by atoms with Crippen molar-refractivity contribution < 1.29 is 32.6 Å². The van der Waals surface area contributed by atoms with Crippen molar-refractivity contribution in [1.29, 1.82) is 5.26 Å². The zero-order valence-electron chi connectivity index (χ0n) is 23.9. The summed E-state index contributed by atoms with van der Waals surface area (Å²) >= 11 is 0. The lowest BCUT2D eigenvalue weighted by Gasteiger charge is -2.41. The third kappa shape index (κ3) is 6.53. The maximum absolute atomic E-state index is 14.5. The van der Waals surface area contributed by atoms with Crippen LogP contribution in [0.3, 0.4) is 0 Å². The van der Waals surface area contributed by atoms with E-state index in [4.69, 9.17) is 4.74 Å². The van der Waals surface area contributed by atoms with Crippen LogP contribution in [-0.2, 0) is 22.3 Å². The molecule has 2 aliphatic rings. The van der Waals surface area contributed by atoms with E-state index in [2.05, 4.69) is 5.32 Å². The van der Waals surface area contributed by atoms with Gasteiger partial charge in [0.05, 0.1) is 41.6 Å². The van der Waals surface area contributed by atoms with Gasteiger partial charge in [0.2, 0.25) is 6.41 Å². The quantitative estimate of drug-likeness (QED) is 0.304. The zero-order chi connectivity index (χ0) is 31.4. The number of hydrogen-bond acceptors (Lipinski definition) is 6. The number of likely N-dealkylation sites (tertiary alicyclic amines) is 1. The lowest BCUT2D eigenvalue weighted by atomic mass is 9.85. The van der Waals surface area contributed by atoms with Crippen LogP contribution < -0.4 is 10.2 Å². The van der Waals surface area contributed by atoms with Crippen LogP contribution in [0, 0.1) is 11.3 Å². The summed E-state index contributed by atoms with van der Waals surface area (Å²) in [6.45, 7) is 2.02. The first kappa shape index (κ1) is 30.9. The van der Waals surface area contributed by atoms with E-state index in [0.717, 1.165) is 29.0 Å². The van der Waals surface area contributed by atoms with Gasteiger partial charge >= 0.3 is 12.2 Å². The second kappa shape index (κ2) is 13.0. The number of rotatable bonds is 8. The third-order valence-electron chi connectivity index (χ3n) is 7.93. The third-order valence-corrected chi connectivity index (χ3v) is 7.93. The Hall–Kier alpha value is -4.50. The highest BCUT2D eigenvalue weighted by atomic mass is 19.4. The van der Waals surface area contributed by atoms with Gasteiger partial charge in [-0.2, -0.15) is 18.4 Å². The molecular weight excluding hydrogens is 573 g/mol. The van der Waals surface area contributed by atoms with E-state index in [9.17, 15) is 33.1 Å². The van der Waals surface area contributed by atoms with E-state index in [1.807, 2.05) is 36.4 Å². The van der Waals surface area contributed by atoms with E-state index in [0.29, 0.717) is 30.5 Å². The molecular formula is C33H31F3N4O4. The molecule has 2 heterocycles. The fraction of sp³-hybridized carbons (Fsp3) is 0.303. The molecule has 8 nitrogen and oxygen atoms in total. The molecule has 2 aliphatic heterocycles. The summed E-state index contributed by atoms with van der Waals surface area (Å²) < 4.78 is 46.4. The van der Waals surface area contributed by atoms with E-state index >= 15 is 0 Å². The fourth-order valence-corrected chi connectivity index (χ4v) is 5.71. The first-order valence-corrected chi connectivity index (χ1v) is 14.2. The van der Waals surface area contributed by atoms with Crippen molar-refractivity contribution in [2.75, 3.05) is 11.4 Å². The minimum atomic E-state index is -4.64. The number of alkyl halides is 3. The highest BCUT2D eigenvalue weighted by molar-refractivity contribution is 6.07. The first-order valence-electron chi connectivity index (χ1n) is 14.2. The molecule has 3 aromatic carbocycles. The molecule has 2 N–H and O–H groups in total. The van der Waals surface area contributed by atoms with Gasteiger partial charge in [-0.05, 0) is 61.2 Å². The van der Waals surface area contributed by atoms with Crippen molar-refractivity contribution in [3.8, 4) is 6.07 Å². The number of ether oxygens (including phenoxy) is 1. The Kier molecular flexibility index (Phi) is 9.15. The van der Waals surface area contributed by atoms with Gasteiger partial charge in [-0.1, -0.05) is 55.0 Å². The Labute approximate surface area is 253 Å². The number of benzene rings is 3. The number of carbonyl (C=O) groups is 2. The molecule has 2 amide bonds. The number of piperidine rings is 1.